The lowest BCUT2D eigenvalue weighted by molar-refractivity contribution is -0.128. The van der Waals surface area contributed by atoms with Gasteiger partial charge in [0, 0.05) is 18.8 Å². The van der Waals surface area contributed by atoms with Gasteiger partial charge in [-0.1, -0.05) is 13.0 Å². The van der Waals surface area contributed by atoms with Crippen LogP contribution in [0.4, 0.5) is 11.4 Å². The van der Waals surface area contributed by atoms with Crippen LogP contribution in [0.2, 0.25) is 0 Å². The molecule has 2 rings (SSSR count). The van der Waals surface area contributed by atoms with Crippen molar-refractivity contribution in [1.29, 1.82) is 0 Å². The monoisotopic (exact) mass is 341 g/mol. The summed E-state index contributed by atoms with van der Waals surface area (Å²) in [5.74, 6) is -0.182. The van der Waals surface area contributed by atoms with E-state index in [1.165, 1.54) is 0 Å². The number of rotatable bonds is 6. The van der Waals surface area contributed by atoms with E-state index in [0.717, 1.165) is 6.54 Å². The molecule has 0 aromatic heterocycles. The highest BCUT2D eigenvalue weighted by molar-refractivity contribution is 7.92. The molecule has 1 aliphatic rings. The number of hydrogen-bond donors (Lipinski definition) is 3. The van der Waals surface area contributed by atoms with Crippen molar-refractivity contribution in [1.82, 2.24) is 5.32 Å². The zero-order chi connectivity index (χ0) is 16.9. The highest BCUT2D eigenvalue weighted by Gasteiger charge is 2.22. The molecule has 1 amide bonds. The van der Waals surface area contributed by atoms with Crippen molar-refractivity contribution < 1.29 is 17.9 Å². The van der Waals surface area contributed by atoms with Crippen molar-refractivity contribution in [2.45, 2.75) is 26.4 Å². The highest BCUT2D eigenvalue weighted by atomic mass is 32.2. The topological polar surface area (TPSA) is 96.5 Å². The molecule has 1 heterocycles. The molecule has 0 spiro atoms. The minimum absolute atomic E-state index is 0.0601. The molecule has 1 unspecified atom stereocenters. The first-order valence-corrected chi connectivity index (χ1v) is 9.31. The number of amides is 1. The zero-order valence-electron chi connectivity index (χ0n) is 13.4. The van der Waals surface area contributed by atoms with Gasteiger partial charge >= 0.3 is 0 Å². The number of anilines is 2. The summed E-state index contributed by atoms with van der Waals surface area (Å²) in [5.41, 5.74) is 1.71. The van der Waals surface area contributed by atoms with Gasteiger partial charge in [0.2, 0.25) is 10.0 Å². The van der Waals surface area contributed by atoms with E-state index in [4.69, 9.17) is 4.74 Å². The lowest BCUT2D eigenvalue weighted by Gasteiger charge is -2.23. The van der Waals surface area contributed by atoms with Gasteiger partial charge in [0.05, 0.1) is 18.0 Å². The molecular weight excluding hydrogens is 318 g/mol. The minimum Gasteiger partial charge on any atom is -0.366 e. The first-order valence-electron chi connectivity index (χ1n) is 7.66. The Morgan fingerprint density at radius 3 is 2.78 bits per heavy atom. The maximum Gasteiger partial charge on any atom is 0.254 e. The molecule has 7 nitrogen and oxygen atoms in total. The maximum atomic E-state index is 12.2. The Kier molecular flexibility index (Phi) is 5.97. The predicted octanol–water partition coefficient (Wildman–Crippen LogP) is 1.07. The molecule has 0 aliphatic carbocycles. The highest BCUT2D eigenvalue weighted by Crippen LogP contribution is 2.24. The van der Waals surface area contributed by atoms with Crippen molar-refractivity contribution in [2.75, 3.05) is 35.5 Å². The number of carbonyl (C=O) groups excluding carboxylic acids is 1. The number of hydrogen-bond acceptors (Lipinski definition) is 5. The van der Waals surface area contributed by atoms with Crippen molar-refractivity contribution in [3.05, 3.63) is 23.8 Å². The van der Waals surface area contributed by atoms with Crippen LogP contribution >= 0.6 is 0 Å². The van der Waals surface area contributed by atoms with Gasteiger partial charge in [-0.2, -0.15) is 0 Å². The van der Waals surface area contributed by atoms with Crippen LogP contribution in [0.15, 0.2) is 18.2 Å². The molecule has 128 valence electrons. The molecule has 1 atom stereocenters. The Morgan fingerprint density at radius 1 is 1.39 bits per heavy atom. The Morgan fingerprint density at radius 2 is 2.13 bits per heavy atom. The lowest BCUT2D eigenvalue weighted by atomic mass is 10.1. The SMILES string of the molecule is CCCS(=O)(=O)Nc1cccc(NC(=O)C2CNCCO2)c1C. The third-order valence-corrected chi connectivity index (χ3v) is 5.03. The summed E-state index contributed by atoms with van der Waals surface area (Å²) < 4.78 is 31.8. The average Bonchev–Trinajstić information content (AvgIpc) is 2.52. The van der Waals surface area contributed by atoms with Gasteiger partial charge < -0.3 is 15.4 Å². The van der Waals surface area contributed by atoms with Crippen LogP contribution in [0, 0.1) is 6.92 Å². The molecule has 8 heteroatoms. The van der Waals surface area contributed by atoms with E-state index in [2.05, 4.69) is 15.4 Å². The van der Waals surface area contributed by atoms with Gasteiger partial charge in [-0.25, -0.2) is 8.42 Å². The number of nitrogens with one attached hydrogen (secondary N) is 3. The van der Waals surface area contributed by atoms with Gasteiger partial charge in [0.1, 0.15) is 6.10 Å². The summed E-state index contributed by atoms with van der Waals surface area (Å²) in [4.78, 5) is 12.2. The molecule has 0 radical (unpaired) electrons. The fourth-order valence-corrected chi connectivity index (χ4v) is 3.51. The molecule has 0 bridgehead atoms. The van der Waals surface area contributed by atoms with Gasteiger partial charge in [0.25, 0.3) is 5.91 Å². The standard InChI is InChI=1S/C15H23N3O4S/c1-3-9-23(20,21)18-13-6-4-5-12(11(13)2)17-15(19)14-10-16-7-8-22-14/h4-6,14,16,18H,3,7-10H2,1-2H3,(H,17,19). The Bertz CT molecular complexity index is 655. The second kappa shape index (κ2) is 7.76. The molecule has 23 heavy (non-hydrogen) atoms. The van der Waals surface area contributed by atoms with E-state index in [1.54, 1.807) is 32.0 Å². The van der Waals surface area contributed by atoms with Crippen LogP contribution in [-0.4, -0.2) is 45.9 Å². The van der Waals surface area contributed by atoms with E-state index < -0.39 is 16.1 Å². The van der Waals surface area contributed by atoms with Gasteiger partial charge in [0.15, 0.2) is 0 Å². The lowest BCUT2D eigenvalue weighted by Crippen LogP contribution is -2.45. The van der Waals surface area contributed by atoms with Crippen LogP contribution in [0.25, 0.3) is 0 Å². The number of ether oxygens (including phenoxy) is 1. The van der Waals surface area contributed by atoms with Crippen molar-refractivity contribution in [2.24, 2.45) is 0 Å². The summed E-state index contributed by atoms with van der Waals surface area (Å²) in [5, 5.41) is 5.89. The molecule has 1 saturated heterocycles. The van der Waals surface area contributed by atoms with Gasteiger partial charge in [-0.15, -0.1) is 0 Å². The molecule has 1 aliphatic heterocycles. The smallest absolute Gasteiger partial charge is 0.254 e. The van der Waals surface area contributed by atoms with E-state index in [-0.39, 0.29) is 11.7 Å². The van der Waals surface area contributed by atoms with Crippen LogP contribution in [0.3, 0.4) is 0 Å². The second-order valence-electron chi connectivity index (χ2n) is 5.45. The van der Waals surface area contributed by atoms with Crippen LogP contribution in [0.1, 0.15) is 18.9 Å². The zero-order valence-corrected chi connectivity index (χ0v) is 14.2. The number of carbonyl (C=O) groups is 1. The Balaban J connectivity index is 2.11. The number of sulfonamides is 1. The normalized spacial score (nSPS) is 18.4. The summed E-state index contributed by atoms with van der Waals surface area (Å²) in [6, 6.07) is 5.12. The Hall–Kier alpha value is -1.64. The van der Waals surface area contributed by atoms with Gasteiger partial charge in [-0.05, 0) is 31.0 Å². The quantitative estimate of drug-likeness (QED) is 0.719. The third-order valence-electron chi connectivity index (χ3n) is 3.55. The summed E-state index contributed by atoms with van der Waals surface area (Å²) in [7, 11) is -3.37. The fraction of sp³-hybridized carbons (Fsp3) is 0.533. The average molecular weight is 341 g/mol. The van der Waals surface area contributed by atoms with Crippen molar-refractivity contribution >= 4 is 27.3 Å². The summed E-state index contributed by atoms with van der Waals surface area (Å²) in [6.45, 7) is 5.26. The molecular formula is C15H23N3O4S. The molecule has 3 N–H and O–H groups in total. The molecule has 1 aromatic carbocycles. The van der Waals surface area contributed by atoms with Crippen LogP contribution in [0.5, 0.6) is 0 Å². The van der Waals surface area contributed by atoms with Gasteiger partial charge in [-0.3, -0.25) is 9.52 Å². The van der Waals surface area contributed by atoms with E-state index >= 15 is 0 Å². The summed E-state index contributed by atoms with van der Waals surface area (Å²) in [6.07, 6.45) is 0.000175. The molecule has 1 fully saturated rings. The van der Waals surface area contributed by atoms with E-state index in [0.29, 0.717) is 36.5 Å². The fourth-order valence-electron chi connectivity index (χ4n) is 2.32. The number of morpholine rings is 1. The van der Waals surface area contributed by atoms with Crippen molar-refractivity contribution in [3.8, 4) is 0 Å². The second-order valence-corrected chi connectivity index (χ2v) is 7.29. The first kappa shape index (κ1) is 17.7. The van der Waals surface area contributed by atoms with Crippen LogP contribution in [-0.2, 0) is 19.6 Å². The van der Waals surface area contributed by atoms with Crippen molar-refractivity contribution in [3.63, 3.8) is 0 Å². The molecule has 0 saturated carbocycles. The largest absolute Gasteiger partial charge is 0.366 e. The summed E-state index contributed by atoms with van der Waals surface area (Å²) >= 11 is 0. The minimum atomic E-state index is -3.37. The van der Waals surface area contributed by atoms with Crippen LogP contribution < -0.4 is 15.4 Å². The first-order chi connectivity index (χ1) is 10.9. The maximum absolute atomic E-state index is 12.2. The van der Waals surface area contributed by atoms with E-state index in [9.17, 15) is 13.2 Å². The predicted molar refractivity (Wildman–Crippen MR) is 90.1 cm³/mol. The van der Waals surface area contributed by atoms with E-state index in [1.807, 2.05) is 0 Å². The number of benzene rings is 1. The molecule has 1 aromatic rings. The third kappa shape index (κ3) is 4.92. The Labute approximate surface area is 136 Å².